The van der Waals surface area contributed by atoms with Gasteiger partial charge in [0, 0.05) is 13.0 Å². The second-order valence-corrected chi connectivity index (χ2v) is 3.65. The van der Waals surface area contributed by atoms with Crippen LogP contribution in [0.15, 0.2) is 0 Å². The molecule has 1 aromatic rings. The molecule has 0 aliphatic carbocycles. The van der Waals surface area contributed by atoms with Gasteiger partial charge in [-0.1, -0.05) is 18.9 Å². The summed E-state index contributed by atoms with van der Waals surface area (Å²) in [5.41, 5.74) is 5.49. The number of methoxy groups -OCH3 is 1. The lowest BCUT2D eigenvalue weighted by Crippen LogP contribution is -2.13. The van der Waals surface area contributed by atoms with Gasteiger partial charge < -0.3 is 10.5 Å². The van der Waals surface area contributed by atoms with Gasteiger partial charge in [0.2, 0.25) is 0 Å². The quantitative estimate of drug-likeness (QED) is 0.745. The first-order chi connectivity index (χ1) is 6.69. The Morgan fingerprint density at radius 2 is 2.14 bits per heavy atom. The molecule has 0 aliphatic heterocycles. The molecule has 2 N–H and O–H groups in total. The molecule has 0 aromatic carbocycles. The standard InChI is InChI=1S/C9H18N4O/c1-7(2)6-13-8(4-5-10)11-12-9(13)14-3/h7H,4-6,10H2,1-3H3. The Morgan fingerprint density at radius 1 is 1.43 bits per heavy atom. The number of nitrogens with two attached hydrogens (primary N) is 1. The van der Waals surface area contributed by atoms with Crippen molar-refractivity contribution in [3.8, 4) is 6.01 Å². The molecular weight excluding hydrogens is 180 g/mol. The van der Waals surface area contributed by atoms with E-state index < -0.39 is 0 Å². The van der Waals surface area contributed by atoms with E-state index in [1.807, 2.05) is 4.57 Å². The summed E-state index contributed by atoms with van der Waals surface area (Å²) < 4.78 is 7.11. The van der Waals surface area contributed by atoms with Crippen LogP contribution in [-0.4, -0.2) is 28.4 Å². The van der Waals surface area contributed by atoms with Crippen molar-refractivity contribution in [1.29, 1.82) is 0 Å². The van der Waals surface area contributed by atoms with E-state index in [1.165, 1.54) is 0 Å². The van der Waals surface area contributed by atoms with Crippen molar-refractivity contribution < 1.29 is 4.74 Å². The number of nitrogens with zero attached hydrogens (tertiary/aromatic N) is 3. The average molecular weight is 198 g/mol. The monoisotopic (exact) mass is 198 g/mol. The van der Waals surface area contributed by atoms with E-state index >= 15 is 0 Å². The van der Waals surface area contributed by atoms with Crippen LogP contribution < -0.4 is 10.5 Å². The fourth-order valence-corrected chi connectivity index (χ4v) is 1.33. The molecule has 0 amide bonds. The lowest BCUT2D eigenvalue weighted by Gasteiger charge is -2.10. The Bertz CT molecular complexity index is 282. The van der Waals surface area contributed by atoms with Gasteiger partial charge in [-0.05, 0) is 12.5 Å². The van der Waals surface area contributed by atoms with E-state index in [-0.39, 0.29) is 0 Å². The van der Waals surface area contributed by atoms with E-state index in [2.05, 4.69) is 24.0 Å². The highest BCUT2D eigenvalue weighted by Crippen LogP contribution is 2.12. The van der Waals surface area contributed by atoms with Gasteiger partial charge in [-0.15, -0.1) is 5.10 Å². The van der Waals surface area contributed by atoms with Crippen LogP contribution in [0.25, 0.3) is 0 Å². The third-order valence-corrected chi connectivity index (χ3v) is 1.89. The largest absolute Gasteiger partial charge is 0.467 e. The van der Waals surface area contributed by atoms with Gasteiger partial charge in [-0.2, -0.15) is 0 Å². The molecule has 1 rings (SSSR count). The summed E-state index contributed by atoms with van der Waals surface area (Å²) >= 11 is 0. The highest BCUT2D eigenvalue weighted by atomic mass is 16.5. The molecule has 0 aliphatic rings. The molecule has 0 saturated carbocycles. The normalized spacial score (nSPS) is 10.9. The van der Waals surface area contributed by atoms with Crippen molar-refractivity contribution in [2.45, 2.75) is 26.8 Å². The summed E-state index contributed by atoms with van der Waals surface area (Å²) in [7, 11) is 1.60. The van der Waals surface area contributed by atoms with E-state index in [4.69, 9.17) is 10.5 Å². The Hall–Kier alpha value is -1.10. The summed E-state index contributed by atoms with van der Waals surface area (Å²) in [6.45, 7) is 5.74. The molecule has 0 fully saturated rings. The van der Waals surface area contributed by atoms with Gasteiger partial charge in [0.05, 0.1) is 7.11 Å². The van der Waals surface area contributed by atoms with E-state index in [9.17, 15) is 0 Å². The van der Waals surface area contributed by atoms with E-state index in [0.29, 0.717) is 18.5 Å². The fraction of sp³-hybridized carbons (Fsp3) is 0.778. The Balaban J connectivity index is 2.87. The number of hydrogen-bond acceptors (Lipinski definition) is 4. The first kappa shape index (κ1) is 11.0. The molecule has 14 heavy (non-hydrogen) atoms. The first-order valence-corrected chi connectivity index (χ1v) is 4.85. The Kier molecular flexibility index (Phi) is 3.88. The van der Waals surface area contributed by atoms with Gasteiger partial charge in [0.15, 0.2) is 0 Å². The van der Waals surface area contributed by atoms with Crippen molar-refractivity contribution in [1.82, 2.24) is 14.8 Å². The predicted octanol–water partition coefficient (Wildman–Crippen LogP) is 0.444. The molecule has 0 radical (unpaired) electrons. The molecule has 5 nitrogen and oxygen atoms in total. The van der Waals surface area contributed by atoms with Crippen LogP contribution in [0, 0.1) is 5.92 Å². The first-order valence-electron chi connectivity index (χ1n) is 4.85. The minimum atomic E-state index is 0.538. The minimum absolute atomic E-state index is 0.538. The molecule has 1 aromatic heterocycles. The van der Waals surface area contributed by atoms with E-state index in [1.54, 1.807) is 7.11 Å². The molecule has 1 heterocycles. The SMILES string of the molecule is COc1nnc(CCN)n1CC(C)C. The summed E-state index contributed by atoms with van der Waals surface area (Å²) in [6.07, 6.45) is 0.739. The summed E-state index contributed by atoms with van der Waals surface area (Å²) in [4.78, 5) is 0. The maximum absolute atomic E-state index is 5.49. The van der Waals surface area contributed by atoms with Gasteiger partial charge in [-0.3, -0.25) is 4.57 Å². The molecule has 0 spiro atoms. The second kappa shape index (κ2) is 4.95. The van der Waals surface area contributed by atoms with Crippen molar-refractivity contribution in [3.05, 3.63) is 5.82 Å². The van der Waals surface area contributed by atoms with Crippen molar-refractivity contribution in [2.24, 2.45) is 11.7 Å². The smallest absolute Gasteiger partial charge is 0.316 e. The van der Waals surface area contributed by atoms with Crippen LogP contribution in [0.1, 0.15) is 19.7 Å². The van der Waals surface area contributed by atoms with E-state index in [0.717, 1.165) is 18.8 Å². The third kappa shape index (κ3) is 2.45. The lowest BCUT2D eigenvalue weighted by atomic mass is 10.2. The molecule has 5 heteroatoms. The molecule has 0 atom stereocenters. The summed E-state index contributed by atoms with van der Waals surface area (Å²) in [6, 6.07) is 0.571. The lowest BCUT2D eigenvalue weighted by molar-refractivity contribution is 0.341. The van der Waals surface area contributed by atoms with Gasteiger partial charge in [0.1, 0.15) is 5.82 Å². The molecule has 80 valence electrons. The van der Waals surface area contributed by atoms with Gasteiger partial charge >= 0.3 is 6.01 Å². The second-order valence-electron chi connectivity index (χ2n) is 3.65. The maximum Gasteiger partial charge on any atom is 0.316 e. The maximum atomic E-state index is 5.49. The topological polar surface area (TPSA) is 66.0 Å². The predicted molar refractivity (Wildman–Crippen MR) is 54.2 cm³/mol. The zero-order chi connectivity index (χ0) is 10.6. The molecular formula is C9H18N4O. The third-order valence-electron chi connectivity index (χ3n) is 1.89. The molecule has 0 saturated heterocycles. The number of hydrogen-bond donors (Lipinski definition) is 1. The number of rotatable bonds is 5. The van der Waals surface area contributed by atoms with Crippen LogP contribution in [0.5, 0.6) is 6.01 Å². The van der Waals surface area contributed by atoms with Gasteiger partial charge in [0.25, 0.3) is 0 Å². The molecule has 0 unspecified atom stereocenters. The zero-order valence-corrected chi connectivity index (χ0v) is 9.03. The van der Waals surface area contributed by atoms with Gasteiger partial charge in [-0.25, -0.2) is 0 Å². The van der Waals surface area contributed by atoms with Crippen LogP contribution in [0.3, 0.4) is 0 Å². The van der Waals surface area contributed by atoms with Crippen molar-refractivity contribution >= 4 is 0 Å². The Morgan fingerprint density at radius 3 is 2.64 bits per heavy atom. The highest BCUT2D eigenvalue weighted by Gasteiger charge is 2.12. The van der Waals surface area contributed by atoms with Crippen molar-refractivity contribution in [3.63, 3.8) is 0 Å². The zero-order valence-electron chi connectivity index (χ0n) is 9.03. The molecule has 0 bridgehead atoms. The van der Waals surface area contributed by atoms with Crippen LogP contribution in [0.2, 0.25) is 0 Å². The highest BCUT2D eigenvalue weighted by molar-refractivity contribution is 5.01. The Labute approximate surface area is 84.3 Å². The minimum Gasteiger partial charge on any atom is -0.467 e. The van der Waals surface area contributed by atoms with Crippen LogP contribution >= 0.6 is 0 Å². The van der Waals surface area contributed by atoms with Crippen LogP contribution in [0.4, 0.5) is 0 Å². The summed E-state index contributed by atoms with van der Waals surface area (Å²) in [5, 5.41) is 7.98. The fourth-order valence-electron chi connectivity index (χ4n) is 1.33. The summed E-state index contributed by atoms with van der Waals surface area (Å²) in [5.74, 6) is 1.44. The van der Waals surface area contributed by atoms with Crippen LogP contribution in [-0.2, 0) is 13.0 Å². The average Bonchev–Trinajstić information content (AvgIpc) is 2.48. The number of ether oxygens (including phenoxy) is 1. The number of aromatic nitrogens is 3. The van der Waals surface area contributed by atoms with Crippen molar-refractivity contribution in [2.75, 3.05) is 13.7 Å².